The molecular weight excluding hydrogens is 433 g/mol. The van der Waals surface area contributed by atoms with Gasteiger partial charge < -0.3 is 20.2 Å². The van der Waals surface area contributed by atoms with Crippen LogP contribution in [-0.2, 0) is 4.79 Å². The maximum absolute atomic E-state index is 13.5. The number of fused-ring (bicyclic) bond motifs is 1. The summed E-state index contributed by atoms with van der Waals surface area (Å²) in [6.45, 7) is 2.18. The van der Waals surface area contributed by atoms with E-state index in [0.29, 0.717) is 12.2 Å². The quantitative estimate of drug-likeness (QED) is 0.619. The van der Waals surface area contributed by atoms with Crippen LogP contribution in [0.1, 0.15) is 17.0 Å². The molecule has 2 heterocycles. The Morgan fingerprint density at radius 2 is 1.74 bits per heavy atom. The van der Waals surface area contributed by atoms with E-state index >= 15 is 0 Å². The molecule has 2 fully saturated rings. The SMILES string of the molecule is Cc1ccc(-c2ccc([C@@H]3[C@H]4CN(C(=O)Nc5cccc(F)c5)CC(=O)N4[C@H]3CO)cc2)cc1. The average molecular weight is 460 g/mol. The molecule has 5 rings (SSSR count). The van der Waals surface area contributed by atoms with E-state index in [9.17, 15) is 19.1 Å². The summed E-state index contributed by atoms with van der Waals surface area (Å²) in [5.74, 6) is -0.722. The number of amides is 3. The van der Waals surface area contributed by atoms with Crippen molar-refractivity contribution in [1.82, 2.24) is 9.80 Å². The van der Waals surface area contributed by atoms with E-state index in [1.54, 1.807) is 11.0 Å². The van der Waals surface area contributed by atoms with E-state index in [2.05, 4.69) is 48.6 Å². The molecule has 0 bridgehead atoms. The van der Waals surface area contributed by atoms with E-state index in [0.717, 1.165) is 16.7 Å². The number of aliphatic hydroxyl groups excluding tert-OH is 1. The van der Waals surface area contributed by atoms with Gasteiger partial charge in [0, 0.05) is 18.2 Å². The van der Waals surface area contributed by atoms with Crippen LogP contribution < -0.4 is 5.32 Å². The van der Waals surface area contributed by atoms with Crippen molar-refractivity contribution in [1.29, 1.82) is 0 Å². The van der Waals surface area contributed by atoms with Crippen LogP contribution in [0.15, 0.2) is 72.8 Å². The van der Waals surface area contributed by atoms with Crippen molar-refractivity contribution in [3.63, 3.8) is 0 Å². The topological polar surface area (TPSA) is 72.9 Å². The van der Waals surface area contributed by atoms with Gasteiger partial charge in [0.15, 0.2) is 0 Å². The smallest absolute Gasteiger partial charge is 0.322 e. The fraction of sp³-hybridized carbons (Fsp3) is 0.259. The molecule has 0 saturated carbocycles. The lowest BCUT2D eigenvalue weighted by atomic mass is 9.73. The maximum atomic E-state index is 13.5. The minimum absolute atomic E-state index is 0.0762. The first-order valence-electron chi connectivity index (χ1n) is 11.3. The molecule has 34 heavy (non-hydrogen) atoms. The summed E-state index contributed by atoms with van der Waals surface area (Å²) in [7, 11) is 0. The zero-order valence-corrected chi connectivity index (χ0v) is 18.8. The molecule has 2 aliphatic heterocycles. The van der Waals surface area contributed by atoms with Gasteiger partial charge in [-0.1, -0.05) is 60.2 Å². The molecular formula is C27H26FN3O3. The molecule has 3 atom stereocenters. The average Bonchev–Trinajstić information content (AvgIpc) is 2.81. The lowest BCUT2D eigenvalue weighted by molar-refractivity contribution is -0.159. The Morgan fingerprint density at radius 3 is 2.38 bits per heavy atom. The van der Waals surface area contributed by atoms with Crippen LogP contribution in [0, 0.1) is 12.7 Å². The Morgan fingerprint density at radius 1 is 1.06 bits per heavy atom. The summed E-state index contributed by atoms with van der Waals surface area (Å²) in [5, 5.41) is 12.7. The van der Waals surface area contributed by atoms with Crippen LogP contribution in [-0.4, -0.2) is 58.6 Å². The molecule has 0 aromatic heterocycles. The molecule has 0 aliphatic carbocycles. The van der Waals surface area contributed by atoms with E-state index in [1.807, 2.05) is 12.1 Å². The Balaban J connectivity index is 1.34. The summed E-state index contributed by atoms with van der Waals surface area (Å²) < 4.78 is 13.5. The van der Waals surface area contributed by atoms with Gasteiger partial charge in [0.05, 0.1) is 18.7 Å². The molecule has 2 aliphatic rings. The second kappa shape index (κ2) is 8.91. The van der Waals surface area contributed by atoms with Crippen molar-refractivity contribution < 1.29 is 19.1 Å². The fourth-order valence-corrected chi connectivity index (χ4v) is 5.07. The molecule has 174 valence electrons. The number of hydrogen-bond acceptors (Lipinski definition) is 3. The zero-order valence-electron chi connectivity index (χ0n) is 18.8. The monoisotopic (exact) mass is 459 g/mol. The number of piperazine rings is 1. The van der Waals surface area contributed by atoms with Crippen LogP contribution in [0.2, 0.25) is 0 Å². The number of carbonyl (C=O) groups excluding carboxylic acids is 2. The van der Waals surface area contributed by atoms with Crippen molar-refractivity contribution >= 4 is 17.6 Å². The van der Waals surface area contributed by atoms with E-state index in [-0.39, 0.29) is 37.1 Å². The first kappa shape index (κ1) is 22.1. The number of nitrogens with zero attached hydrogens (tertiary/aromatic N) is 2. The number of urea groups is 1. The standard InChI is InChI=1S/C27H26FN3O3/c1-17-5-7-18(8-6-17)19-9-11-20(12-10-19)26-23-14-30(15-25(33)31(23)24(26)16-32)27(34)29-22-4-2-3-21(28)13-22/h2-13,23-24,26,32H,14-16H2,1H3,(H,29,34)/t23-,24+,26-/m1/s1. The third-order valence-electron chi connectivity index (χ3n) is 6.80. The Bertz CT molecular complexity index is 1210. The highest BCUT2D eigenvalue weighted by Crippen LogP contribution is 2.43. The summed E-state index contributed by atoms with van der Waals surface area (Å²) in [4.78, 5) is 28.8. The number of benzene rings is 3. The molecule has 7 heteroatoms. The molecule has 0 unspecified atom stereocenters. The summed E-state index contributed by atoms with van der Waals surface area (Å²) >= 11 is 0. The number of hydrogen-bond donors (Lipinski definition) is 2. The van der Waals surface area contributed by atoms with Gasteiger partial charge >= 0.3 is 6.03 Å². The van der Waals surface area contributed by atoms with Gasteiger partial charge in [-0.25, -0.2) is 9.18 Å². The number of carbonyl (C=O) groups is 2. The highest BCUT2D eigenvalue weighted by atomic mass is 19.1. The molecule has 0 spiro atoms. The second-order valence-electron chi connectivity index (χ2n) is 8.95. The van der Waals surface area contributed by atoms with Gasteiger partial charge in [-0.3, -0.25) is 4.79 Å². The molecule has 0 radical (unpaired) electrons. The van der Waals surface area contributed by atoms with Crippen LogP contribution in [0.5, 0.6) is 0 Å². The first-order chi connectivity index (χ1) is 16.4. The molecule has 2 N–H and O–H groups in total. The largest absolute Gasteiger partial charge is 0.394 e. The van der Waals surface area contributed by atoms with Gasteiger partial charge in [-0.15, -0.1) is 0 Å². The van der Waals surface area contributed by atoms with Crippen LogP contribution >= 0.6 is 0 Å². The minimum Gasteiger partial charge on any atom is -0.394 e. The summed E-state index contributed by atoms with van der Waals surface area (Å²) in [6.07, 6.45) is 0. The van der Waals surface area contributed by atoms with Crippen LogP contribution in [0.4, 0.5) is 14.9 Å². The number of halogens is 1. The van der Waals surface area contributed by atoms with E-state index in [1.165, 1.54) is 28.7 Å². The number of anilines is 1. The number of aliphatic hydroxyl groups is 1. The number of rotatable bonds is 4. The number of aryl methyl sites for hydroxylation is 1. The zero-order chi connectivity index (χ0) is 23.8. The van der Waals surface area contributed by atoms with Gasteiger partial charge in [0.2, 0.25) is 5.91 Å². The van der Waals surface area contributed by atoms with E-state index in [4.69, 9.17) is 0 Å². The maximum Gasteiger partial charge on any atom is 0.322 e. The minimum atomic E-state index is -0.447. The third-order valence-corrected chi connectivity index (χ3v) is 6.80. The highest BCUT2D eigenvalue weighted by molar-refractivity contribution is 5.93. The summed E-state index contributed by atoms with van der Waals surface area (Å²) in [6, 6.07) is 21.2. The van der Waals surface area contributed by atoms with Crippen LogP contribution in [0.25, 0.3) is 11.1 Å². The molecule has 3 amide bonds. The Labute approximate surface area is 197 Å². The first-order valence-corrected chi connectivity index (χ1v) is 11.3. The van der Waals surface area contributed by atoms with Crippen molar-refractivity contribution in [2.75, 3.05) is 25.0 Å². The lowest BCUT2D eigenvalue weighted by Gasteiger charge is -2.58. The Hall–Kier alpha value is -3.71. The third kappa shape index (κ3) is 4.03. The van der Waals surface area contributed by atoms with E-state index < -0.39 is 11.8 Å². The molecule has 2 saturated heterocycles. The fourth-order valence-electron chi connectivity index (χ4n) is 5.07. The van der Waals surface area contributed by atoms with Crippen molar-refractivity contribution in [2.45, 2.75) is 24.9 Å². The molecule has 6 nitrogen and oxygen atoms in total. The van der Waals surface area contributed by atoms with Gasteiger partial charge in [0.25, 0.3) is 0 Å². The normalized spacial score (nSPS) is 21.6. The second-order valence-corrected chi connectivity index (χ2v) is 8.95. The predicted octanol–water partition coefficient (Wildman–Crippen LogP) is 4.00. The van der Waals surface area contributed by atoms with Gasteiger partial charge in [-0.05, 0) is 41.8 Å². The summed E-state index contributed by atoms with van der Waals surface area (Å²) in [5.41, 5.74) is 4.78. The lowest BCUT2D eigenvalue weighted by Crippen LogP contribution is -2.73. The van der Waals surface area contributed by atoms with Gasteiger partial charge in [-0.2, -0.15) is 0 Å². The molecule has 3 aromatic carbocycles. The number of nitrogens with one attached hydrogen (secondary N) is 1. The predicted molar refractivity (Wildman–Crippen MR) is 128 cm³/mol. The Kier molecular flexibility index (Phi) is 5.79. The molecule has 3 aromatic rings. The van der Waals surface area contributed by atoms with Crippen molar-refractivity contribution in [3.05, 3.63) is 89.7 Å². The van der Waals surface area contributed by atoms with Crippen LogP contribution in [0.3, 0.4) is 0 Å². The van der Waals surface area contributed by atoms with Gasteiger partial charge in [0.1, 0.15) is 12.4 Å². The van der Waals surface area contributed by atoms with Crippen molar-refractivity contribution in [3.8, 4) is 11.1 Å². The highest BCUT2D eigenvalue weighted by Gasteiger charge is 2.54. The van der Waals surface area contributed by atoms with Crippen molar-refractivity contribution in [2.24, 2.45) is 0 Å².